The van der Waals surface area contributed by atoms with E-state index in [1.54, 1.807) is 12.1 Å². The summed E-state index contributed by atoms with van der Waals surface area (Å²) in [6.07, 6.45) is 2.46. The van der Waals surface area contributed by atoms with Crippen LogP contribution in [0.25, 0.3) is 0 Å². The molecule has 4 fully saturated rings. The third kappa shape index (κ3) is 3.14. The summed E-state index contributed by atoms with van der Waals surface area (Å²) in [7, 11) is 0. The maximum atomic E-state index is 13.1. The average Bonchev–Trinajstić information content (AvgIpc) is 3.19. The number of hydrogen-bond donors (Lipinski definition) is 0. The van der Waals surface area contributed by atoms with E-state index in [4.69, 9.17) is 4.84 Å². The Morgan fingerprint density at radius 3 is 1.97 bits per heavy atom. The molecule has 0 aromatic heterocycles. The maximum absolute atomic E-state index is 13.1. The zero-order valence-corrected chi connectivity index (χ0v) is 17.2. The molecule has 31 heavy (non-hydrogen) atoms. The van der Waals surface area contributed by atoms with Gasteiger partial charge in [-0.15, -0.1) is 0 Å². The lowest BCUT2D eigenvalue weighted by Crippen LogP contribution is -2.61. The quantitative estimate of drug-likeness (QED) is 0.570. The van der Waals surface area contributed by atoms with E-state index in [0.29, 0.717) is 0 Å². The van der Waals surface area contributed by atoms with Gasteiger partial charge in [0.15, 0.2) is 5.84 Å². The molecule has 162 valence electrons. The van der Waals surface area contributed by atoms with E-state index in [1.165, 1.54) is 19.3 Å². The van der Waals surface area contributed by atoms with Gasteiger partial charge in [-0.1, -0.05) is 47.6 Å². The van der Waals surface area contributed by atoms with E-state index in [-0.39, 0.29) is 5.54 Å². The van der Waals surface area contributed by atoms with Gasteiger partial charge >= 0.3 is 6.18 Å². The Morgan fingerprint density at radius 2 is 1.42 bits per heavy atom. The summed E-state index contributed by atoms with van der Waals surface area (Å²) < 4.78 is 39.3. The molecule has 0 saturated heterocycles. The van der Waals surface area contributed by atoms with E-state index in [9.17, 15) is 13.2 Å². The van der Waals surface area contributed by atoms with Crippen molar-refractivity contribution in [2.75, 3.05) is 0 Å². The van der Waals surface area contributed by atoms with E-state index >= 15 is 0 Å². The van der Waals surface area contributed by atoms with Crippen molar-refractivity contribution < 1.29 is 18.0 Å². The summed E-state index contributed by atoms with van der Waals surface area (Å²) in [6, 6.07) is 15.4. The Kier molecular flexibility index (Phi) is 4.18. The van der Waals surface area contributed by atoms with Gasteiger partial charge in [-0.05, 0) is 68.4 Å². The third-order valence-corrected chi connectivity index (χ3v) is 7.77. The van der Waals surface area contributed by atoms with Crippen molar-refractivity contribution >= 4 is 5.84 Å². The first-order chi connectivity index (χ1) is 14.9. The molecule has 1 atom stereocenters. The standard InChI is InChI=1S/C25H25F3N2O/c26-25(27,28)21-8-6-20(7-9-21)23-30(22(29-31-23)19-4-2-1-3-5-19)24-13-16-10-17(14-24)12-18(11-16)15-24/h1-9,16-18,23H,10-15H2/t16?,17?,18?,23-,24?/m0/s1. The predicted octanol–water partition coefficient (Wildman–Crippen LogP) is 6.37. The Hall–Kier alpha value is -2.50. The van der Waals surface area contributed by atoms with Crippen LogP contribution in [-0.4, -0.2) is 16.3 Å². The average molecular weight is 426 g/mol. The highest BCUT2D eigenvalue weighted by atomic mass is 19.4. The summed E-state index contributed by atoms with van der Waals surface area (Å²) in [4.78, 5) is 8.30. The van der Waals surface area contributed by atoms with Crippen molar-refractivity contribution in [2.24, 2.45) is 22.9 Å². The fraction of sp³-hybridized carbons (Fsp3) is 0.480. The van der Waals surface area contributed by atoms with E-state index < -0.39 is 18.0 Å². The maximum Gasteiger partial charge on any atom is 0.416 e. The number of nitrogens with zero attached hydrogens (tertiary/aromatic N) is 2. The molecule has 2 aromatic carbocycles. The highest BCUT2D eigenvalue weighted by Gasteiger charge is 2.57. The molecule has 2 aromatic rings. The van der Waals surface area contributed by atoms with Crippen LogP contribution in [-0.2, 0) is 11.0 Å². The van der Waals surface area contributed by atoms with Crippen LogP contribution in [0.3, 0.4) is 0 Å². The Morgan fingerprint density at radius 1 is 0.839 bits per heavy atom. The predicted molar refractivity (Wildman–Crippen MR) is 111 cm³/mol. The Labute approximate surface area is 179 Å². The van der Waals surface area contributed by atoms with Crippen LogP contribution in [0.2, 0.25) is 0 Å². The van der Waals surface area contributed by atoms with Crippen molar-refractivity contribution in [1.82, 2.24) is 4.90 Å². The monoisotopic (exact) mass is 426 g/mol. The second-order valence-corrected chi connectivity index (χ2v) is 9.87. The fourth-order valence-corrected chi connectivity index (χ4v) is 6.96. The topological polar surface area (TPSA) is 24.8 Å². The van der Waals surface area contributed by atoms with Crippen molar-refractivity contribution in [2.45, 2.75) is 56.5 Å². The molecule has 0 unspecified atom stereocenters. The van der Waals surface area contributed by atoms with E-state index in [1.807, 2.05) is 30.3 Å². The zero-order chi connectivity index (χ0) is 21.2. The first-order valence-corrected chi connectivity index (χ1v) is 11.2. The number of oxime groups is 1. The van der Waals surface area contributed by atoms with Gasteiger partial charge in [-0.3, -0.25) is 0 Å². The van der Waals surface area contributed by atoms with Gasteiger partial charge in [0.2, 0.25) is 6.23 Å². The number of amidine groups is 1. The minimum atomic E-state index is -4.35. The zero-order valence-electron chi connectivity index (χ0n) is 17.2. The lowest BCUT2D eigenvalue weighted by Gasteiger charge is -2.60. The van der Waals surface area contributed by atoms with Gasteiger partial charge in [0.1, 0.15) is 0 Å². The first-order valence-electron chi connectivity index (χ1n) is 11.2. The van der Waals surface area contributed by atoms with E-state index in [2.05, 4.69) is 10.1 Å². The highest BCUT2D eigenvalue weighted by Crippen LogP contribution is 2.60. The highest BCUT2D eigenvalue weighted by molar-refractivity contribution is 5.99. The van der Waals surface area contributed by atoms with Crippen LogP contribution in [0.1, 0.15) is 61.4 Å². The molecule has 4 aliphatic carbocycles. The minimum Gasteiger partial charge on any atom is -0.363 e. The summed E-state index contributed by atoms with van der Waals surface area (Å²) in [6.45, 7) is 0. The normalized spacial score (nSPS) is 34.0. The summed E-state index contributed by atoms with van der Waals surface area (Å²) in [5, 5.41) is 4.49. The number of benzene rings is 2. The van der Waals surface area contributed by atoms with Crippen LogP contribution in [0.4, 0.5) is 13.2 Å². The molecule has 6 heteroatoms. The van der Waals surface area contributed by atoms with E-state index in [0.717, 1.165) is 66.1 Å². The second kappa shape index (κ2) is 6.75. The largest absolute Gasteiger partial charge is 0.416 e. The van der Waals surface area contributed by atoms with Gasteiger partial charge < -0.3 is 9.74 Å². The fourth-order valence-electron chi connectivity index (χ4n) is 6.96. The van der Waals surface area contributed by atoms with Gasteiger partial charge in [0.25, 0.3) is 0 Å². The molecule has 4 bridgehead atoms. The molecular formula is C25H25F3N2O. The molecule has 7 rings (SSSR count). The van der Waals surface area contributed by atoms with Gasteiger partial charge in [-0.2, -0.15) is 13.2 Å². The van der Waals surface area contributed by atoms with Crippen LogP contribution in [0.15, 0.2) is 59.8 Å². The lowest BCUT2D eigenvalue weighted by molar-refractivity contribution is -0.137. The first kappa shape index (κ1) is 19.2. The van der Waals surface area contributed by atoms with Crippen LogP contribution in [0.5, 0.6) is 0 Å². The molecule has 3 nitrogen and oxygen atoms in total. The minimum absolute atomic E-state index is 0.0344. The van der Waals surface area contributed by atoms with Crippen molar-refractivity contribution in [3.63, 3.8) is 0 Å². The van der Waals surface area contributed by atoms with Crippen LogP contribution in [0, 0.1) is 17.8 Å². The van der Waals surface area contributed by atoms with Crippen molar-refractivity contribution in [3.05, 3.63) is 71.3 Å². The summed E-state index contributed by atoms with van der Waals surface area (Å²) >= 11 is 0. The van der Waals surface area contributed by atoms with Crippen molar-refractivity contribution in [1.29, 1.82) is 0 Å². The van der Waals surface area contributed by atoms with Crippen LogP contribution < -0.4 is 0 Å². The number of alkyl halides is 3. The third-order valence-electron chi connectivity index (χ3n) is 7.77. The van der Waals surface area contributed by atoms with Crippen molar-refractivity contribution in [3.8, 4) is 0 Å². The van der Waals surface area contributed by atoms with Crippen LogP contribution >= 0.6 is 0 Å². The summed E-state index contributed by atoms with van der Waals surface area (Å²) in [5.74, 6) is 3.01. The molecular weight excluding hydrogens is 401 g/mol. The molecule has 5 aliphatic rings. The SMILES string of the molecule is FC(F)(F)c1ccc([C@@H]2ON=C(c3ccccc3)N2C23CC4CC(CC(C4)C2)C3)cc1. The number of rotatable bonds is 3. The molecule has 0 amide bonds. The number of hydrogen-bond acceptors (Lipinski definition) is 3. The Bertz CT molecular complexity index is 964. The molecule has 1 aliphatic heterocycles. The molecule has 4 saturated carbocycles. The molecule has 1 heterocycles. The smallest absolute Gasteiger partial charge is 0.363 e. The Balaban J connectivity index is 1.41. The summed E-state index contributed by atoms with van der Waals surface area (Å²) in [5.41, 5.74) is 1.04. The number of halogens is 3. The van der Waals surface area contributed by atoms with Gasteiger partial charge in [0.05, 0.1) is 5.56 Å². The van der Waals surface area contributed by atoms with Gasteiger partial charge in [-0.25, -0.2) is 0 Å². The molecule has 0 radical (unpaired) electrons. The molecule has 0 spiro atoms. The molecule has 0 N–H and O–H groups in total. The lowest BCUT2D eigenvalue weighted by atomic mass is 9.52. The second-order valence-electron chi connectivity index (χ2n) is 9.87. The van der Waals surface area contributed by atoms with Gasteiger partial charge in [0, 0.05) is 16.7 Å².